The van der Waals surface area contributed by atoms with Crippen LogP contribution in [0, 0.1) is 0 Å². The number of Topliss-reactive ketones (excluding diaryl/α,β-unsaturated/α-hetero) is 1. The summed E-state index contributed by atoms with van der Waals surface area (Å²) >= 11 is 0. The van der Waals surface area contributed by atoms with Crippen molar-refractivity contribution < 1.29 is 23.4 Å². The van der Waals surface area contributed by atoms with Crippen molar-refractivity contribution in [1.82, 2.24) is 0 Å². The molecule has 0 bridgehead atoms. The van der Waals surface area contributed by atoms with Crippen molar-refractivity contribution in [2.75, 3.05) is 0 Å². The number of ether oxygens (including phenoxy) is 1. The molecule has 5 heteroatoms. The lowest BCUT2D eigenvalue weighted by Gasteiger charge is -2.09. The fourth-order valence-corrected chi connectivity index (χ4v) is 1.07. The second kappa shape index (κ2) is 4.04. The smallest absolute Gasteiger partial charge is 0.387 e. The van der Waals surface area contributed by atoms with E-state index in [1.807, 2.05) is 0 Å². The summed E-state index contributed by atoms with van der Waals surface area (Å²) in [6, 6.07) is 3.75. The fraction of sp³-hybridized carbons (Fsp3) is 0.222. The molecule has 0 aliphatic rings. The average Bonchev–Trinajstić information content (AvgIpc) is 2.01. The minimum absolute atomic E-state index is 0.229. The number of aromatic hydroxyl groups is 1. The molecule has 0 fully saturated rings. The molecule has 0 atom stereocenters. The SMILES string of the molecule is CC(=O)c1c(O)cccc1OC(F)F. The van der Waals surface area contributed by atoms with Gasteiger partial charge in [-0.25, -0.2) is 0 Å². The zero-order chi connectivity index (χ0) is 10.7. The van der Waals surface area contributed by atoms with E-state index in [0.717, 1.165) is 6.92 Å². The van der Waals surface area contributed by atoms with E-state index in [4.69, 9.17) is 0 Å². The zero-order valence-corrected chi connectivity index (χ0v) is 7.33. The van der Waals surface area contributed by atoms with Gasteiger partial charge in [-0.1, -0.05) is 6.07 Å². The van der Waals surface area contributed by atoms with Crippen LogP contribution in [0.15, 0.2) is 18.2 Å². The number of phenols is 1. The lowest BCUT2D eigenvalue weighted by Crippen LogP contribution is -2.06. The Labute approximate surface area is 78.9 Å². The number of phenolic OH excluding ortho intramolecular Hbond substituents is 1. The van der Waals surface area contributed by atoms with Crippen molar-refractivity contribution in [3.8, 4) is 11.5 Å². The molecule has 1 N–H and O–H groups in total. The van der Waals surface area contributed by atoms with Gasteiger partial charge >= 0.3 is 6.61 Å². The Hall–Kier alpha value is -1.65. The highest BCUT2D eigenvalue weighted by molar-refractivity contribution is 5.99. The van der Waals surface area contributed by atoms with Crippen LogP contribution in [0.25, 0.3) is 0 Å². The average molecular weight is 202 g/mol. The third kappa shape index (κ3) is 2.18. The van der Waals surface area contributed by atoms with Crippen molar-refractivity contribution in [3.05, 3.63) is 23.8 Å². The molecule has 0 aromatic heterocycles. The van der Waals surface area contributed by atoms with Crippen LogP contribution in [0.4, 0.5) is 8.78 Å². The van der Waals surface area contributed by atoms with E-state index < -0.39 is 12.4 Å². The van der Waals surface area contributed by atoms with Crippen LogP contribution in [0.5, 0.6) is 11.5 Å². The molecule has 0 saturated carbocycles. The third-order valence-corrected chi connectivity index (χ3v) is 1.57. The Kier molecular flexibility index (Phi) is 3.01. The van der Waals surface area contributed by atoms with Gasteiger partial charge in [0.2, 0.25) is 0 Å². The molecule has 0 spiro atoms. The Balaban J connectivity index is 3.14. The van der Waals surface area contributed by atoms with Crippen LogP contribution >= 0.6 is 0 Å². The van der Waals surface area contributed by atoms with E-state index in [0.29, 0.717) is 0 Å². The van der Waals surface area contributed by atoms with Gasteiger partial charge in [0.1, 0.15) is 17.1 Å². The summed E-state index contributed by atoms with van der Waals surface area (Å²) in [5.41, 5.74) is -0.229. The maximum absolute atomic E-state index is 11.9. The molecular weight excluding hydrogens is 194 g/mol. The monoisotopic (exact) mass is 202 g/mol. The first-order chi connectivity index (χ1) is 6.52. The van der Waals surface area contributed by atoms with Crippen LogP contribution in [0.1, 0.15) is 17.3 Å². The van der Waals surface area contributed by atoms with Gasteiger partial charge in [0.05, 0.1) is 0 Å². The van der Waals surface area contributed by atoms with E-state index in [1.165, 1.54) is 18.2 Å². The van der Waals surface area contributed by atoms with Crippen molar-refractivity contribution in [2.24, 2.45) is 0 Å². The maximum Gasteiger partial charge on any atom is 0.387 e. The van der Waals surface area contributed by atoms with Gasteiger partial charge in [-0.3, -0.25) is 4.79 Å². The Morgan fingerprint density at radius 3 is 2.64 bits per heavy atom. The molecule has 14 heavy (non-hydrogen) atoms. The summed E-state index contributed by atoms with van der Waals surface area (Å²) in [5, 5.41) is 9.23. The van der Waals surface area contributed by atoms with Crippen molar-refractivity contribution in [2.45, 2.75) is 13.5 Å². The van der Waals surface area contributed by atoms with E-state index in [1.54, 1.807) is 0 Å². The first-order valence-corrected chi connectivity index (χ1v) is 3.80. The molecule has 1 rings (SSSR count). The highest BCUT2D eigenvalue weighted by Gasteiger charge is 2.16. The van der Waals surface area contributed by atoms with Crippen LogP contribution in [0.3, 0.4) is 0 Å². The van der Waals surface area contributed by atoms with E-state index in [2.05, 4.69) is 4.74 Å². The van der Waals surface area contributed by atoms with Crippen molar-refractivity contribution in [3.63, 3.8) is 0 Å². The number of hydrogen-bond donors (Lipinski definition) is 1. The molecule has 0 unspecified atom stereocenters. The van der Waals surface area contributed by atoms with Gasteiger partial charge in [-0.05, 0) is 19.1 Å². The Morgan fingerprint density at radius 1 is 1.50 bits per heavy atom. The van der Waals surface area contributed by atoms with E-state index in [-0.39, 0.29) is 17.1 Å². The second-order valence-corrected chi connectivity index (χ2v) is 2.58. The van der Waals surface area contributed by atoms with Gasteiger partial charge < -0.3 is 9.84 Å². The first-order valence-electron chi connectivity index (χ1n) is 3.80. The van der Waals surface area contributed by atoms with Crippen LogP contribution in [-0.4, -0.2) is 17.5 Å². The maximum atomic E-state index is 11.9. The van der Waals surface area contributed by atoms with Gasteiger partial charge in [0.25, 0.3) is 0 Å². The largest absolute Gasteiger partial charge is 0.507 e. The van der Waals surface area contributed by atoms with Gasteiger partial charge in [-0.15, -0.1) is 0 Å². The quantitative estimate of drug-likeness (QED) is 0.764. The Morgan fingerprint density at radius 2 is 2.14 bits per heavy atom. The summed E-state index contributed by atoms with van der Waals surface area (Å²) in [5.74, 6) is -1.21. The predicted octanol–water partition coefficient (Wildman–Crippen LogP) is 2.20. The molecule has 0 aliphatic heterocycles. The summed E-state index contributed by atoms with van der Waals surface area (Å²) in [6.07, 6.45) is 0. The summed E-state index contributed by atoms with van der Waals surface area (Å²) in [6.45, 7) is -1.86. The van der Waals surface area contributed by atoms with Crippen LogP contribution < -0.4 is 4.74 Å². The number of ketones is 1. The lowest BCUT2D eigenvalue weighted by atomic mass is 10.1. The van der Waals surface area contributed by atoms with Crippen molar-refractivity contribution >= 4 is 5.78 Å². The summed E-state index contributed by atoms with van der Waals surface area (Å²) < 4.78 is 27.8. The summed E-state index contributed by atoms with van der Waals surface area (Å²) in [7, 11) is 0. The molecule has 0 aliphatic carbocycles. The standard InChI is InChI=1S/C9H8F2O3/c1-5(12)8-6(13)3-2-4-7(8)14-9(10)11/h2-4,9,13H,1H3. The van der Waals surface area contributed by atoms with Crippen molar-refractivity contribution in [1.29, 1.82) is 0 Å². The normalized spacial score (nSPS) is 10.3. The molecule has 0 heterocycles. The number of benzene rings is 1. The van der Waals surface area contributed by atoms with E-state index >= 15 is 0 Å². The summed E-state index contributed by atoms with van der Waals surface area (Å²) in [4.78, 5) is 11.0. The number of alkyl halides is 2. The lowest BCUT2D eigenvalue weighted by molar-refractivity contribution is -0.0502. The second-order valence-electron chi connectivity index (χ2n) is 2.58. The van der Waals surface area contributed by atoms with Gasteiger partial charge in [-0.2, -0.15) is 8.78 Å². The number of carbonyl (C=O) groups is 1. The fourth-order valence-electron chi connectivity index (χ4n) is 1.07. The molecule has 0 saturated heterocycles. The minimum Gasteiger partial charge on any atom is -0.507 e. The molecule has 76 valence electrons. The topological polar surface area (TPSA) is 46.5 Å². The molecule has 0 radical (unpaired) electrons. The minimum atomic E-state index is -3.02. The van der Waals surface area contributed by atoms with Gasteiger partial charge in [0, 0.05) is 0 Å². The van der Waals surface area contributed by atoms with Gasteiger partial charge in [0.15, 0.2) is 5.78 Å². The highest BCUT2D eigenvalue weighted by Crippen LogP contribution is 2.28. The van der Waals surface area contributed by atoms with Crippen LogP contribution in [-0.2, 0) is 0 Å². The number of hydrogen-bond acceptors (Lipinski definition) is 3. The number of carbonyl (C=O) groups excluding carboxylic acids is 1. The molecular formula is C9H8F2O3. The van der Waals surface area contributed by atoms with E-state index in [9.17, 15) is 18.7 Å². The first kappa shape index (κ1) is 10.4. The van der Waals surface area contributed by atoms with Crippen LogP contribution in [0.2, 0.25) is 0 Å². The Bertz CT molecular complexity index is 350. The zero-order valence-electron chi connectivity index (χ0n) is 7.33. The third-order valence-electron chi connectivity index (χ3n) is 1.57. The molecule has 1 aromatic carbocycles. The predicted molar refractivity (Wildman–Crippen MR) is 44.7 cm³/mol. The highest BCUT2D eigenvalue weighted by atomic mass is 19.3. The molecule has 0 amide bonds. The molecule has 3 nitrogen and oxygen atoms in total. The molecule has 1 aromatic rings. The number of halogens is 2. The number of rotatable bonds is 3.